The van der Waals surface area contributed by atoms with Crippen LogP contribution < -0.4 is 0 Å². The minimum Gasteiger partial charge on any atom is -0.324 e. The van der Waals surface area contributed by atoms with Crippen LogP contribution in [0.2, 0.25) is 0 Å². The second-order valence-corrected chi connectivity index (χ2v) is 6.07. The van der Waals surface area contributed by atoms with Crippen LogP contribution in [-0.2, 0) is 4.57 Å². The minimum atomic E-state index is -4.06. The molecule has 2 unspecified atom stereocenters. The van der Waals surface area contributed by atoms with Crippen molar-refractivity contribution < 1.29 is 14.4 Å². The number of benzene rings is 1. The zero-order valence-electron chi connectivity index (χ0n) is 9.71. The Morgan fingerprint density at radius 2 is 1.81 bits per heavy atom. The maximum absolute atomic E-state index is 11.5. The highest BCUT2D eigenvalue weighted by atomic mass is 31.2. The predicted molar refractivity (Wildman–Crippen MR) is 65.3 cm³/mol. The molecule has 0 spiro atoms. The Kier molecular flexibility index (Phi) is 4.72. The topological polar surface area (TPSA) is 57.5 Å². The summed E-state index contributed by atoms with van der Waals surface area (Å²) < 4.78 is 11.5. The predicted octanol–water partition coefficient (Wildman–Crippen LogP) is 3.34. The van der Waals surface area contributed by atoms with Crippen molar-refractivity contribution in [1.82, 2.24) is 0 Å². The van der Waals surface area contributed by atoms with E-state index in [1.165, 1.54) is 0 Å². The summed E-state index contributed by atoms with van der Waals surface area (Å²) in [7, 11) is -4.06. The molecule has 1 rings (SSSR count). The third kappa shape index (κ3) is 3.75. The van der Waals surface area contributed by atoms with Gasteiger partial charge in [0.2, 0.25) is 0 Å². The first-order valence-electron chi connectivity index (χ1n) is 5.55. The summed E-state index contributed by atoms with van der Waals surface area (Å²) in [6.07, 6.45) is 1.47. The van der Waals surface area contributed by atoms with Gasteiger partial charge in [0.25, 0.3) is 0 Å². The van der Waals surface area contributed by atoms with Crippen molar-refractivity contribution >= 4 is 7.60 Å². The molecule has 0 saturated heterocycles. The molecular formula is C12H19O3P. The van der Waals surface area contributed by atoms with E-state index in [9.17, 15) is 14.4 Å². The number of hydrogen-bond donors (Lipinski definition) is 2. The Morgan fingerprint density at radius 1 is 1.25 bits per heavy atom. The Labute approximate surface area is 96.7 Å². The lowest BCUT2D eigenvalue weighted by molar-refractivity contribution is 0.344. The fourth-order valence-corrected chi connectivity index (χ4v) is 2.89. The molecule has 0 aliphatic rings. The van der Waals surface area contributed by atoms with Gasteiger partial charge >= 0.3 is 7.60 Å². The van der Waals surface area contributed by atoms with E-state index in [1.54, 1.807) is 12.1 Å². The summed E-state index contributed by atoms with van der Waals surface area (Å²) in [4.78, 5) is 18.8. The quantitative estimate of drug-likeness (QED) is 0.778. The Morgan fingerprint density at radius 3 is 2.25 bits per heavy atom. The summed E-state index contributed by atoms with van der Waals surface area (Å²) in [6.45, 7) is 4.05. The molecule has 0 aromatic heterocycles. The Bertz CT molecular complexity index is 358. The zero-order chi connectivity index (χ0) is 12.2. The van der Waals surface area contributed by atoms with Crippen LogP contribution in [0.4, 0.5) is 0 Å². The van der Waals surface area contributed by atoms with Crippen molar-refractivity contribution in [1.29, 1.82) is 0 Å². The normalized spacial score (nSPS) is 15.8. The highest BCUT2D eigenvalue weighted by molar-refractivity contribution is 7.52. The van der Waals surface area contributed by atoms with Crippen LogP contribution in [0.5, 0.6) is 0 Å². The summed E-state index contributed by atoms with van der Waals surface area (Å²) >= 11 is 0. The first-order chi connectivity index (χ1) is 7.45. The van der Waals surface area contributed by atoms with E-state index in [2.05, 4.69) is 0 Å². The maximum Gasteiger partial charge on any atom is 0.332 e. The largest absolute Gasteiger partial charge is 0.332 e. The highest BCUT2D eigenvalue weighted by Gasteiger charge is 2.31. The molecule has 0 amide bonds. The molecule has 16 heavy (non-hydrogen) atoms. The number of rotatable bonds is 5. The van der Waals surface area contributed by atoms with E-state index in [1.807, 2.05) is 32.0 Å². The molecule has 0 fully saturated rings. The average Bonchev–Trinajstić information content (AvgIpc) is 2.25. The van der Waals surface area contributed by atoms with Gasteiger partial charge in [0, 0.05) is 0 Å². The first-order valence-corrected chi connectivity index (χ1v) is 7.23. The molecule has 0 aliphatic heterocycles. The molecule has 90 valence electrons. The third-order valence-corrected chi connectivity index (χ3v) is 4.23. The van der Waals surface area contributed by atoms with Gasteiger partial charge in [-0.15, -0.1) is 0 Å². The van der Waals surface area contributed by atoms with Gasteiger partial charge in [0.05, 0.1) is 5.66 Å². The highest BCUT2D eigenvalue weighted by Crippen LogP contribution is 2.54. The molecule has 0 saturated carbocycles. The van der Waals surface area contributed by atoms with Gasteiger partial charge in [-0.05, 0) is 17.9 Å². The van der Waals surface area contributed by atoms with E-state index in [0.717, 1.165) is 12.0 Å². The Hall–Kier alpha value is -0.630. The van der Waals surface area contributed by atoms with Gasteiger partial charge in [-0.2, -0.15) is 0 Å². The second kappa shape index (κ2) is 5.62. The maximum atomic E-state index is 11.5. The van der Waals surface area contributed by atoms with Crippen molar-refractivity contribution in [3.05, 3.63) is 35.9 Å². The smallest absolute Gasteiger partial charge is 0.324 e. The molecule has 2 atom stereocenters. The van der Waals surface area contributed by atoms with Crippen LogP contribution in [0.25, 0.3) is 0 Å². The van der Waals surface area contributed by atoms with Gasteiger partial charge in [0.15, 0.2) is 0 Å². The summed E-state index contributed by atoms with van der Waals surface area (Å²) in [5.41, 5.74) is 0.0692. The van der Waals surface area contributed by atoms with Crippen molar-refractivity contribution in [2.45, 2.75) is 32.3 Å². The molecule has 0 heterocycles. The van der Waals surface area contributed by atoms with Crippen LogP contribution in [0.3, 0.4) is 0 Å². The minimum absolute atomic E-state index is 0.317. The second-order valence-electron chi connectivity index (χ2n) is 4.26. The lowest BCUT2D eigenvalue weighted by atomic mass is 9.98. The van der Waals surface area contributed by atoms with E-state index in [0.29, 0.717) is 12.3 Å². The zero-order valence-corrected chi connectivity index (χ0v) is 10.6. The lowest BCUT2D eigenvalue weighted by Crippen LogP contribution is -2.05. The molecule has 0 bridgehead atoms. The molecule has 4 heteroatoms. The van der Waals surface area contributed by atoms with Gasteiger partial charge < -0.3 is 9.79 Å². The summed E-state index contributed by atoms with van der Waals surface area (Å²) in [5.74, 6) is 0.317. The van der Waals surface area contributed by atoms with Crippen molar-refractivity contribution in [2.24, 2.45) is 5.92 Å². The van der Waals surface area contributed by atoms with Crippen molar-refractivity contribution in [3.63, 3.8) is 0 Å². The van der Waals surface area contributed by atoms with Crippen LogP contribution in [-0.4, -0.2) is 9.79 Å². The Balaban J connectivity index is 2.94. The van der Waals surface area contributed by atoms with Crippen LogP contribution >= 0.6 is 7.60 Å². The molecular weight excluding hydrogens is 223 g/mol. The molecule has 1 aromatic carbocycles. The van der Waals surface area contributed by atoms with E-state index in [-0.39, 0.29) is 0 Å². The SMILES string of the molecule is CCC(C)CC(c1ccccc1)P(=O)(O)O. The van der Waals surface area contributed by atoms with Crippen LogP contribution in [0.15, 0.2) is 30.3 Å². The lowest BCUT2D eigenvalue weighted by Gasteiger charge is -2.21. The van der Waals surface area contributed by atoms with Crippen LogP contribution in [0.1, 0.15) is 37.9 Å². The molecule has 0 aliphatic carbocycles. The molecule has 3 nitrogen and oxygen atoms in total. The van der Waals surface area contributed by atoms with Gasteiger partial charge in [-0.1, -0.05) is 50.6 Å². The van der Waals surface area contributed by atoms with Crippen LogP contribution in [0, 0.1) is 5.92 Å². The molecule has 2 N–H and O–H groups in total. The van der Waals surface area contributed by atoms with Gasteiger partial charge in [-0.25, -0.2) is 0 Å². The van der Waals surface area contributed by atoms with E-state index < -0.39 is 13.3 Å². The van der Waals surface area contributed by atoms with Crippen molar-refractivity contribution in [2.75, 3.05) is 0 Å². The molecule has 1 aromatic rings. The van der Waals surface area contributed by atoms with E-state index in [4.69, 9.17) is 0 Å². The molecule has 0 radical (unpaired) electrons. The fraction of sp³-hybridized carbons (Fsp3) is 0.500. The summed E-state index contributed by atoms with van der Waals surface area (Å²) in [6, 6.07) is 9.05. The number of hydrogen-bond acceptors (Lipinski definition) is 1. The standard InChI is InChI=1S/C12H19O3P/c1-3-10(2)9-12(16(13,14)15)11-7-5-4-6-8-11/h4-8,10,12H,3,9H2,1-2H3,(H2,13,14,15). The first kappa shape index (κ1) is 13.4. The van der Waals surface area contributed by atoms with Gasteiger partial charge in [0.1, 0.15) is 0 Å². The summed E-state index contributed by atoms with van der Waals surface area (Å²) in [5, 5.41) is 0. The van der Waals surface area contributed by atoms with Crippen molar-refractivity contribution in [3.8, 4) is 0 Å². The monoisotopic (exact) mass is 242 g/mol. The average molecular weight is 242 g/mol. The fourth-order valence-electron chi connectivity index (χ4n) is 1.69. The third-order valence-electron chi connectivity index (χ3n) is 2.91. The van der Waals surface area contributed by atoms with Gasteiger partial charge in [-0.3, -0.25) is 4.57 Å². The van der Waals surface area contributed by atoms with E-state index >= 15 is 0 Å².